The molecule has 2 aromatic carbocycles. The molecule has 2 fully saturated rings. The van der Waals surface area contributed by atoms with E-state index in [0.717, 1.165) is 41.4 Å². The van der Waals surface area contributed by atoms with Gasteiger partial charge in [-0.15, -0.1) is 0 Å². The van der Waals surface area contributed by atoms with Crippen molar-refractivity contribution in [3.63, 3.8) is 0 Å². The first-order valence-corrected chi connectivity index (χ1v) is 18.3. The van der Waals surface area contributed by atoms with E-state index in [1.54, 1.807) is 16.0 Å². The summed E-state index contributed by atoms with van der Waals surface area (Å²) in [5.41, 5.74) is 4.39. The number of rotatable bonds is 10. The number of carbonyl (C=O) groups is 4. The van der Waals surface area contributed by atoms with Gasteiger partial charge in [-0.25, -0.2) is 24.5 Å². The third-order valence-corrected chi connectivity index (χ3v) is 10.4. The molecule has 5 heterocycles. The lowest BCUT2D eigenvalue weighted by atomic mass is 10.0. The van der Waals surface area contributed by atoms with Crippen LogP contribution in [0.15, 0.2) is 47.0 Å². The molecule has 2 saturated heterocycles. The van der Waals surface area contributed by atoms with Gasteiger partial charge in [0, 0.05) is 18.7 Å². The lowest BCUT2D eigenvalue weighted by Gasteiger charge is -2.29. The average Bonchev–Trinajstić information content (AvgIpc) is 3.99. The van der Waals surface area contributed by atoms with Gasteiger partial charge in [-0.3, -0.25) is 9.59 Å². The number of carbonyl (C=O) groups excluding carboxylic acids is 3. The SMILES string of the molecule is COC(=O)N[C@H](C(=O)N1CCCC1c1nc2ccc(-c3cnc(-c4cccc5[nH]c([C@@H]6CCCN6C(=O)[C@@H](NC(=O)O)C(C)C)nc45)o3)cc2[nH]1)C(C)C. The number of H-pyrrole nitrogens is 2. The van der Waals surface area contributed by atoms with Crippen LogP contribution in [0.3, 0.4) is 0 Å². The minimum atomic E-state index is -1.23. The van der Waals surface area contributed by atoms with Gasteiger partial charge in [-0.2, -0.15) is 0 Å². The molecule has 7 rings (SSSR count). The van der Waals surface area contributed by atoms with Crippen molar-refractivity contribution in [2.24, 2.45) is 11.8 Å². The minimum Gasteiger partial charge on any atom is -0.465 e. The maximum Gasteiger partial charge on any atom is 0.407 e. The molecule has 2 aliphatic rings. The summed E-state index contributed by atoms with van der Waals surface area (Å²) in [4.78, 5) is 75.2. The number of oxazole rings is 1. The zero-order valence-corrected chi connectivity index (χ0v) is 30.9. The highest BCUT2D eigenvalue weighted by atomic mass is 16.5. The number of aromatic nitrogens is 5. The zero-order chi connectivity index (χ0) is 38.3. The minimum absolute atomic E-state index is 0.134. The van der Waals surface area contributed by atoms with E-state index in [-0.39, 0.29) is 35.7 Å². The van der Waals surface area contributed by atoms with Crippen LogP contribution in [-0.2, 0) is 14.3 Å². The average molecular weight is 740 g/mol. The number of alkyl carbamates (subject to hydrolysis) is 1. The summed E-state index contributed by atoms with van der Waals surface area (Å²) in [6.07, 6.45) is 2.80. The third-order valence-electron chi connectivity index (χ3n) is 10.4. The van der Waals surface area contributed by atoms with E-state index in [1.807, 2.05) is 64.1 Å². The van der Waals surface area contributed by atoms with Gasteiger partial charge < -0.3 is 44.7 Å². The van der Waals surface area contributed by atoms with Gasteiger partial charge in [0.2, 0.25) is 17.7 Å². The number of imidazole rings is 2. The number of para-hydroxylation sites is 1. The van der Waals surface area contributed by atoms with Gasteiger partial charge in [0.1, 0.15) is 29.2 Å². The lowest BCUT2D eigenvalue weighted by Crippen LogP contribution is -2.51. The number of nitrogens with zero attached hydrogens (tertiary/aromatic N) is 5. The molecule has 4 atom stereocenters. The fourth-order valence-electron chi connectivity index (χ4n) is 7.59. The predicted molar refractivity (Wildman–Crippen MR) is 198 cm³/mol. The van der Waals surface area contributed by atoms with Crippen LogP contribution in [-0.4, -0.2) is 96.1 Å². The van der Waals surface area contributed by atoms with E-state index in [4.69, 9.17) is 19.1 Å². The summed E-state index contributed by atoms with van der Waals surface area (Å²) < 4.78 is 11.1. The van der Waals surface area contributed by atoms with E-state index in [0.29, 0.717) is 53.9 Å². The monoisotopic (exact) mass is 739 g/mol. The molecule has 0 radical (unpaired) electrons. The van der Waals surface area contributed by atoms with Gasteiger partial charge in [-0.05, 0) is 67.9 Å². The van der Waals surface area contributed by atoms with Crippen molar-refractivity contribution < 1.29 is 33.4 Å². The number of benzene rings is 2. The van der Waals surface area contributed by atoms with Crippen LogP contribution in [0.2, 0.25) is 0 Å². The highest BCUT2D eigenvalue weighted by Gasteiger charge is 2.39. The first-order chi connectivity index (χ1) is 25.9. The third kappa shape index (κ3) is 6.95. The maximum atomic E-state index is 13.6. The Bertz CT molecular complexity index is 2200. The van der Waals surface area contributed by atoms with Crippen molar-refractivity contribution in [1.82, 2.24) is 45.4 Å². The van der Waals surface area contributed by atoms with Crippen molar-refractivity contribution in [2.75, 3.05) is 20.2 Å². The number of fused-ring (bicyclic) bond motifs is 2. The molecule has 16 nitrogen and oxygen atoms in total. The second-order valence-electron chi connectivity index (χ2n) is 14.6. The zero-order valence-electron chi connectivity index (χ0n) is 30.9. The Kier molecular flexibility index (Phi) is 10.0. The summed E-state index contributed by atoms with van der Waals surface area (Å²) in [6.45, 7) is 8.47. The molecule has 5 aromatic rings. The Balaban J connectivity index is 1.12. The van der Waals surface area contributed by atoms with Crippen molar-refractivity contribution in [2.45, 2.75) is 77.5 Å². The number of carboxylic acid groups (broad SMARTS) is 1. The normalized spacial score (nSPS) is 18.5. The van der Waals surface area contributed by atoms with Crippen LogP contribution in [0.4, 0.5) is 9.59 Å². The molecule has 0 aliphatic carbocycles. The number of ether oxygens (including phenoxy) is 1. The van der Waals surface area contributed by atoms with Gasteiger partial charge in [0.05, 0.1) is 47.5 Å². The molecule has 0 spiro atoms. The Morgan fingerprint density at radius 1 is 0.870 bits per heavy atom. The van der Waals surface area contributed by atoms with Crippen molar-refractivity contribution in [1.29, 1.82) is 0 Å². The summed E-state index contributed by atoms with van der Waals surface area (Å²) in [6, 6.07) is 9.25. The lowest BCUT2D eigenvalue weighted by molar-refractivity contribution is -0.136. The van der Waals surface area contributed by atoms with E-state index < -0.39 is 24.3 Å². The van der Waals surface area contributed by atoms with Crippen LogP contribution in [0.5, 0.6) is 0 Å². The Hall–Kier alpha value is -5.93. The van der Waals surface area contributed by atoms with E-state index >= 15 is 0 Å². The summed E-state index contributed by atoms with van der Waals surface area (Å²) in [7, 11) is 1.28. The quantitative estimate of drug-likeness (QED) is 0.117. The predicted octanol–water partition coefficient (Wildman–Crippen LogP) is 5.76. The molecular formula is C38H45N9O7. The van der Waals surface area contributed by atoms with Crippen LogP contribution < -0.4 is 10.6 Å². The number of methoxy groups -OCH3 is 1. The van der Waals surface area contributed by atoms with Crippen molar-refractivity contribution in [3.05, 3.63) is 54.2 Å². The molecule has 5 N–H and O–H groups in total. The standard InChI is InChI=1S/C38H45N9O7/c1-19(2)29(44-37(50)51)35(48)47-16-8-12-27(47)33-41-24-10-6-9-22(31(24)43-33)34-39-18-28(54-34)21-13-14-23-25(17-21)42-32(40-23)26-11-7-15-46(26)36(49)30(20(3)4)45-38(52)53-5/h6,9-10,13-14,17-20,26-27,29-30,44H,7-8,11-12,15-16H2,1-5H3,(H,40,42)(H,41,43)(H,45,52)(H,50,51)/t26?,27-,29-,30-/m0/s1. The topological polar surface area (TPSA) is 212 Å². The molecule has 0 bridgehead atoms. The summed E-state index contributed by atoms with van der Waals surface area (Å²) in [5, 5.41) is 14.4. The molecule has 3 aromatic heterocycles. The number of likely N-dealkylation sites (tertiary alicyclic amines) is 2. The largest absolute Gasteiger partial charge is 0.465 e. The first-order valence-electron chi connectivity index (χ1n) is 18.3. The van der Waals surface area contributed by atoms with E-state index in [9.17, 15) is 24.3 Å². The van der Waals surface area contributed by atoms with Gasteiger partial charge in [0.25, 0.3) is 0 Å². The molecule has 1 unspecified atom stereocenters. The van der Waals surface area contributed by atoms with Gasteiger partial charge >= 0.3 is 12.2 Å². The maximum absolute atomic E-state index is 13.6. The Labute approximate surface area is 311 Å². The van der Waals surface area contributed by atoms with E-state index in [2.05, 4.69) is 25.6 Å². The molecule has 16 heteroatoms. The number of hydrogen-bond acceptors (Lipinski definition) is 9. The molecule has 0 saturated carbocycles. The van der Waals surface area contributed by atoms with Crippen LogP contribution in [0, 0.1) is 11.8 Å². The fraction of sp³-hybridized carbons (Fsp3) is 0.447. The van der Waals surface area contributed by atoms with Gasteiger partial charge in [0.15, 0.2) is 5.76 Å². The smallest absolute Gasteiger partial charge is 0.407 e. The number of hydrogen-bond donors (Lipinski definition) is 5. The second kappa shape index (κ2) is 14.8. The second-order valence-corrected chi connectivity index (χ2v) is 14.6. The molecule has 54 heavy (non-hydrogen) atoms. The molecule has 284 valence electrons. The molecular weight excluding hydrogens is 694 g/mol. The first kappa shape index (κ1) is 36.4. The van der Waals surface area contributed by atoms with E-state index in [1.165, 1.54) is 7.11 Å². The van der Waals surface area contributed by atoms with Crippen molar-refractivity contribution >= 4 is 46.1 Å². The molecule has 2 aliphatic heterocycles. The summed E-state index contributed by atoms with van der Waals surface area (Å²) in [5.74, 6) is 1.42. The fourth-order valence-corrected chi connectivity index (χ4v) is 7.59. The van der Waals surface area contributed by atoms with Crippen LogP contribution >= 0.6 is 0 Å². The van der Waals surface area contributed by atoms with Crippen molar-refractivity contribution in [3.8, 4) is 22.8 Å². The number of amides is 4. The number of aromatic amines is 2. The van der Waals surface area contributed by atoms with Crippen LogP contribution in [0.1, 0.15) is 77.1 Å². The molecule has 4 amide bonds. The summed E-state index contributed by atoms with van der Waals surface area (Å²) >= 11 is 0. The Morgan fingerprint density at radius 2 is 1.50 bits per heavy atom. The Morgan fingerprint density at radius 3 is 2.13 bits per heavy atom. The number of nitrogens with one attached hydrogen (secondary N) is 4. The highest BCUT2D eigenvalue weighted by Crippen LogP contribution is 2.37. The van der Waals surface area contributed by atoms with Crippen LogP contribution in [0.25, 0.3) is 44.8 Å². The highest BCUT2D eigenvalue weighted by molar-refractivity contribution is 5.91. The van der Waals surface area contributed by atoms with Gasteiger partial charge in [-0.1, -0.05) is 33.8 Å².